The van der Waals surface area contributed by atoms with Crippen LogP contribution in [-0.2, 0) is 14.8 Å². The highest BCUT2D eigenvalue weighted by atomic mass is 35.5. The van der Waals surface area contributed by atoms with Crippen LogP contribution >= 0.6 is 11.6 Å². The zero-order chi connectivity index (χ0) is 18.6. The van der Waals surface area contributed by atoms with Gasteiger partial charge in [0.25, 0.3) is 0 Å². The average molecular weight is 385 g/mol. The summed E-state index contributed by atoms with van der Waals surface area (Å²) in [6, 6.07) is 11.5. The Bertz CT molecular complexity index is 839. The Morgan fingerprint density at radius 2 is 1.72 bits per heavy atom. The minimum atomic E-state index is -3.65. The molecular formula is C17H18ClFN2O3S. The lowest BCUT2D eigenvalue weighted by Gasteiger charge is -2.23. The third-order valence-corrected chi connectivity index (χ3v) is 4.94. The highest BCUT2D eigenvalue weighted by Crippen LogP contribution is 2.20. The average Bonchev–Trinajstić information content (AvgIpc) is 2.53. The third kappa shape index (κ3) is 5.44. The molecule has 0 radical (unpaired) electrons. The van der Waals surface area contributed by atoms with E-state index in [1.165, 1.54) is 24.3 Å². The topological polar surface area (TPSA) is 66.5 Å². The summed E-state index contributed by atoms with van der Waals surface area (Å²) in [5, 5.41) is 3.17. The summed E-state index contributed by atoms with van der Waals surface area (Å²) in [7, 11) is -3.65. The van der Waals surface area contributed by atoms with Gasteiger partial charge in [-0.15, -0.1) is 0 Å². The van der Waals surface area contributed by atoms with Crippen molar-refractivity contribution in [2.75, 3.05) is 17.1 Å². The Morgan fingerprint density at radius 1 is 1.16 bits per heavy atom. The fourth-order valence-corrected chi connectivity index (χ4v) is 3.24. The number of halogens is 2. The molecule has 1 atom stereocenters. The summed E-state index contributed by atoms with van der Waals surface area (Å²) in [5.41, 5.74) is 1.06. The number of hydrogen-bond donors (Lipinski definition) is 1. The van der Waals surface area contributed by atoms with Gasteiger partial charge in [0, 0.05) is 5.02 Å². The molecule has 2 aromatic carbocycles. The Hall–Kier alpha value is -2.12. The second-order valence-electron chi connectivity index (χ2n) is 5.59. The summed E-state index contributed by atoms with van der Waals surface area (Å²) in [5.74, 6) is -0.842. The molecule has 1 amide bonds. The lowest BCUT2D eigenvalue weighted by molar-refractivity contribution is -0.120. The molecule has 0 fully saturated rings. The number of amides is 1. The summed E-state index contributed by atoms with van der Waals surface area (Å²) >= 11 is 5.81. The molecule has 1 N–H and O–H groups in total. The summed E-state index contributed by atoms with van der Waals surface area (Å²) in [6.07, 6.45) is 1.03. The smallest absolute Gasteiger partial charge is 0.241 e. The van der Waals surface area contributed by atoms with Crippen LogP contribution in [0.5, 0.6) is 0 Å². The molecule has 0 aliphatic rings. The minimum Gasteiger partial charge on any atom is -0.348 e. The van der Waals surface area contributed by atoms with Gasteiger partial charge in [-0.3, -0.25) is 9.10 Å². The van der Waals surface area contributed by atoms with Crippen LogP contribution in [0.4, 0.5) is 10.1 Å². The predicted octanol–water partition coefficient (Wildman–Crippen LogP) is 3.12. The van der Waals surface area contributed by atoms with Gasteiger partial charge in [0.15, 0.2) is 0 Å². The molecule has 0 spiro atoms. The van der Waals surface area contributed by atoms with Crippen LogP contribution in [0.15, 0.2) is 48.5 Å². The van der Waals surface area contributed by atoms with E-state index >= 15 is 0 Å². The Balaban J connectivity index is 2.12. The first kappa shape index (κ1) is 19.2. The number of anilines is 1. The van der Waals surface area contributed by atoms with Crippen LogP contribution in [0.1, 0.15) is 18.5 Å². The SMILES string of the molecule is C[C@@H](NC(=O)CN(c1ccc(Cl)cc1)S(C)(=O)=O)c1ccc(F)cc1. The highest BCUT2D eigenvalue weighted by molar-refractivity contribution is 7.92. The summed E-state index contributed by atoms with van der Waals surface area (Å²) < 4.78 is 38.0. The van der Waals surface area contributed by atoms with Gasteiger partial charge in [0.1, 0.15) is 12.4 Å². The molecule has 25 heavy (non-hydrogen) atoms. The number of nitrogens with zero attached hydrogens (tertiary/aromatic N) is 1. The molecule has 8 heteroatoms. The fourth-order valence-electron chi connectivity index (χ4n) is 2.26. The maximum Gasteiger partial charge on any atom is 0.241 e. The van der Waals surface area contributed by atoms with Crippen molar-refractivity contribution in [3.05, 3.63) is 64.9 Å². The second-order valence-corrected chi connectivity index (χ2v) is 7.93. The van der Waals surface area contributed by atoms with E-state index in [2.05, 4.69) is 5.32 Å². The van der Waals surface area contributed by atoms with Gasteiger partial charge in [0.2, 0.25) is 15.9 Å². The summed E-state index contributed by atoms with van der Waals surface area (Å²) in [6.45, 7) is 1.37. The zero-order valence-electron chi connectivity index (χ0n) is 13.7. The first-order chi connectivity index (χ1) is 11.7. The monoisotopic (exact) mass is 384 g/mol. The molecule has 2 aromatic rings. The van der Waals surface area contributed by atoms with Gasteiger partial charge in [-0.2, -0.15) is 0 Å². The van der Waals surface area contributed by atoms with Crippen LogP contribution in [0.2, 0.25) is 5.02 Å². The van der Waals surface area contributed by atoms with Crippen molar-refractivity contribution in [3.63, 3.8) is 0 Å². The Kier molecular flexibility index (Phi) is 6.02. The molecule has 0 saturated carbocycles. The van der Waals surface area contributed by atoms with Gasteiger partial charge in [-0.1, -0.05) is 23.7 Å². The van der Waals surface area contributed by atoms with E-state index in [1.807, 2.05) is 0 Å². The van der Waals surface area contributed by atoms with Gasteiger partial charge in [-0.05, 0) is 48.9 Å². The lowest BCUT2D eigenvalue weighted by Crippen LogP contribution is -2.41. The molecule has 0 unspecified atom stereocenters. The van der Waals surface area contributed by atoms with E-state index in [0.29, 0.717) is 16.3 Å². The van der Waals surface area contributed by atoms with Crippen molar-refractivity contribution < 1.29 is 17.6 Å². The molecule has 0 aliphatic carbocycles. The molecule has 0 bridgehead atoms. The minimum absolute atomic E-state index is 0.344. The number of nitrogens with one attached hydrogen (secondary N) is 1. The summed E-state index contributed by atoms with van der Waals surface area (Å²) in [4.78, 5) is 12.3. The zero-order valence-corrected chi connectivity index (χ0v) is 15.3. The van der Waals surface area contributed by atoms with Crippen LogP contribution < -0.4 is 9.62 Å². The van der Waals surface area contributed by atoms with Gasteiger partial charge in [-0.25, -0.2) is 12.8 Å². The van der Waals surface area contributed by atoms with Crippen molar-refractivity contribution in [3.8, 4) is 0 Å². The Labute approximate surface area is 151 Å². The standard InChI is InChI=1S/C17H18ClFN2O3S/c1-12(13-3-7-15(19)8-4-13)20-17(22)11-21(25(2,23)24)16-9-5-14(18)6-10-16/h3-10,12H,11H2,1-2H3,(H,20,22)/t12-/m1/s1. The second kappa shape index (κ2) is 7.84. The van der Waals surface area contributed by atoms with Gasteiger partial charge >= 0.3 is 0 Å². The molecule has 0 saturated heterocycles. The first-order valence-corrected chi connectivity index (χ1v) is 9.67. The number of sulfonamides is 1. The largest absolute Gasteiger partial charge is 0.348 e. The maximum absolute atomic E-state index is 13.0. The van der Waals surface area contributed by atoms with Gasteiger partial charge in [0.05, 0.1) is 18.0 Å². The molecule has 0 aromatic heterocycles. The van der Waals surface area contributed by atoms with Crippen molar-refractivity contribution >= 4 is 33.2 Å². The molecule has 2 rings (SSSR count). The van der Waals surface area contributed by atoms with Crippen LogP contribution in [0.25, 0.3) is 0 Å². The Morgan fingerprint density at radius 3 is 2.24 bits per heavy atom. The first-order valence-electron chi connectivity index (χ1n) is 7.45. The van der Waals surface area contributed by atoms with Crippen molar-refractivity contribution in [1.82, 2.24) is 5.32 Å². The number of benzene rings is 2. The van der Waals surface area contributed by atoms with Crippen LogP contribution in [0, 0.1) is 5.82 Å². The van der Waals surface area contributed by atoms with E-state index in [1.54, 1.807) is 31.2 Å². The lowest BCUT2D eigenvalue weighted by atomic mass is 10.1. The highest BCUT2D eigenvalue weighted by Gasteiger charge is 2.21. The van der Waals surface area contributed by atoms with Crippen LogP contribution in [-0.4, -0.2) is 27.1 Å². The van der Waals surface area contributed by atoms with E-state index < -0.39 is 15.9 Å². The van der Waals surface area contributed by atoms with Crippen LogP contribution in [0.3, 0.4) is 0 Å². The molecule has 0 heterocycles. The molecule has 0 aliphatic heterocycles. The number of carbonyl (C=O) groups excluding carboxylic acids is 1. The van der Waals surface area contributed by atoms with Crippen molar-refractivity contribution in [1.29, 1.82) is 0 Å². The van der Waals surface area contributed by atoms with E-state index in [9.17, 15) is 17.6 Å². The van der Waals surface area contributed by atoms with E-state index in [4.69, 9.17) is 11.6 Å². The number of carbonyl (C=O) groups is 1. The third-order valence-electron chi connectivity index (χ3n) is 3.55. The molecule has 134 valence electrons. The maximum atomic E-state index is 13.0. The molecule has 5 nitrogen and oxygen atoms in total. The van der Waals surface area contributed by atoms with E-state index in [0.717, 1.165) is 10.6 Å². The normalized spacial score (nSPS) is 12.5. The quantitative estimate of drug-likeness (QED) is 0.832. The van der Waals surface area contributed by atoms with Gasteiger partial charge < -0.3 is 5.32 Å². The van der Waals surface area contributed by atoms with E-state index in [-0.39, 0.29) is 18.4 Å². The van der Waals surface area contributed by atoms with Crippen molar-refractivity contribution in [2.24, 2.45) is 0 Å². The fraction of sp³-hybridized carbons (Fsp3) is 0.235. The molecular weight excluding hydrogens is 367 g/mol. The number of rotatable bonds is 6. The van der Waals surface area contributed by atoms with Crippen molar-refractivity contribution in [2.45, 2.75) is 13.0 Å². The number of hydrogen-bond acceptors (Lipinski definition) is 3. The predicted molar refractivity (Wildman–Crippen MR) is 96.6 cm³/mol.